The average molecular weight is 354 g/mol. The van der Waals surface area contributed by atoms with E-state index in [0.717, 1.165) is 6.07 Å². The molecule has 0 spiro atoms. The molecule has 0 heterocycles. The Morgan fingerprint density at radius 1 is 1.00 bits per heavy atom. The first-order valence-electron chi connectivity index (χ1n) is 3.95. The van der Waals surface area contributed by atoms with E-state index < -0.39 is 40.6 Å². The highest BCUT2D eigenvalue weighted by molar-refractivity contribution is 6.67. The molecule has 0 bridgehead atoms. The molecule has 11 heteroatoms. The lowest BCUT2D eigenvalue weighted by atomic mass is 10.2. The highest BCUT2D eigenvalue weighted by Crippen LogP contribution is 2.49. The van der Waals surface area contributed by atoms with Crippen LogP contribution in [-0.4, -0.2) is 9.85 Å². The van der Waals surface area contributed by atoms with Crippen LogP contribution in [0.25, 0.3) is 0 Å². The highest BCUT2D eigenvalue weighted by Gasteiger charge is 2.37. The van der Waals surface area contributed by atoms with Crippen molar-refractivity contribution in [2.24, 2.45) is 0 Å². The maximum absolute atomic E-state index is 10.8. The second-order valence-corrected chi connectivity index (χ2v) is 5.97. The van der Waals surface area contributed by atoms with Gasteiger partial charge < -0.3 is 0 Å². The second-order valence-electron chi connectivity index (χ2n) is 2.93. The molecule has 0 N–H and O–H groups in total. The third-order valence-corrected chi connectivity index (χ3v) is 3.21. The monoisotopic (exact) mass is 352 g/mol. The molecule has 1 aromatic rings. The van der Waals surface area contributed by atoms with Gasteiger partial charge in [0.25, 0.3) is 5.69 Å². The maximum Gasteiger partial charge on any atom is 0.313 e. The molecule has 0 saturated heterocycles. The van der Waals surface area contributed by atoms with Crippen molar-refractivity contribution in [1.82, 2.24) is 0 Å². The first-order chi connectivity index (χ1) is 8.07. The minimum Gasteiger partial charge on any atom is -0.258 e. The second kappa shape index (κ2) is 5.22. The van der Waals surface area contributed by atoms with Crippen LogP contribution in [-0.2, 0) is 3.79 Å². The van der Waals surface area contributed by atoms with E-state index >= 15 is 0 Å². The molecule has 0 aliphatic rings. The van der Waals surface area contributed by atoms with Crippen LogP contribution in [0, 0.1) is 20.2 Å². The summed E-state index contributed by atoms with van der Waals surface area (Å²) in [6.45, 7) is 0. The van der Waals surface area contributed by atoms with E-state index in [1.807, 2.05) is 0 Å². The normalized spacial score (nSPS) is 11.4. The van der Waals surface area contributed by atoms with Gasteiger partial charge in [-0.1, -0.05) is 58.0 Å². The largest absolute Gasteiger partial charge is 0.313 e. The van der Waals surface area contributed by atoms with Gasteiger partial charge in [-0.2, -0.15) is 0 Å². The molecule has 0 unspecified atom stereocenters. The molecule has 0 saturated carbocycles. The molecule has 98 valence electrons. The van der Waals surface area contributed by atoms with Gasteiger partial charge in [-0.3, -0.25) is 20.2 Å². The van der Waals surface area contributed by atoms with Gasteiger partial charge in [-0.05, 0) is 0 Å². The zero-order chi connectivity index (χ0) is 14.2. The lowest BCUT2D eigenvalue weighted by molar-refractivity contribution is -0.393. The fourth-order valence-corrected chi connectivity index (χ4v) is 2.40. The summed E-state index contributed by atoms with van der Waals surface area (Å²) in [6.07, 6.45) is 0. The Morgan fingerprint density at radius 2 is 1.50 bits per heavy atom. The quantitative estimate of drug-likeness (QED) is 0.440. The molecule has 0 radical (unpaired) electrons. The van der Waals surface area contributed by atoms with E-state index in [9.17, 15) is 20.2 Å². The predicted molar refractivity (Wildman–Crippen MR) is 69.0 cm³/mol. The molecule has 18 heavy (non-hydrogen) atoms. The van der Waals surface area contributed by atoms with Gasteiger partial charge in [0.05, 0.1) is 9.85 Å². The molecular formula is C7HCl5N2O4. The summed E-state index contributed by atoms with van der Waals surface area (Å²) in [5.74, 6) is 0. The van der Waals surface area contributed by atoms with Crippen molar-refractivity contribution in [3.05, 3.63) is 41.9 Å². The number of halogens is 5. The first-order valence-corrected chi connectivity index (χ1v) is 5.84. The number of alkyl halides is 3. The lowest BCUT2D eigenvalue weighted by Crippen LogP contribution is -2.06. The third-order valence-electron chi connectivity index (χ3n) is 1.84. The van der Waals surface area contributed by atoms with Crippen molar-refractivity contribution in [2.75, 3.05) is 0 Å². The summed E-state index contributed by atoms with van der Waals surface area (Å²) in [5, 5.41) is 20.2. The Bertz CT molecular complexity index is 542. The van der Waals surface area contributed by atoms with Gasteiger partial charge in [0.1, 0.15) is 5.02 Å². The number of nitro groups is 2. The molecule has 0 atom stereocenters. The van der Waals surface area contributed by atoms with Crippen molar-refractivity contribution in [1.29, 1.82) is 0 Å². The topological polar surface area (TPSA) is 86.3 Å². The van der Waals surface area contributed by atoms with Crippen molar-refractivity contribution in [3.63, 3.8) is 0 Å². The van der Waals surface area contributed by atoms with E-state index in [2.05, 4.69) is 0 Å². The summed E-state index contributed by atoms with van der Waals surface area (Å²) in [7, 11) is 0. The minimum atomic E-state index is -2.16. The lowest BCUT2D eigenvalue weighted by Gasteiger charge is -2.13. The summed E-state index contributed by atoms with van der Waals surface area (Å²) >= 11 is 27.8. The SMILES string of the molecule is O=[N+]([O-])c1cc(C(Cl)(Cl)Cl)c(Cl)c([N+](=O)[O-])c1Cl. The van der Waals surface area contributed by atoms with Crippen molar-refractivity contribution in [3.8, 4) is 0 Å². The van der Waals surface area contributed by atoms with Gasteiger partial charge in [0.2, 0.25) is 3.79 Å². The predicted octanol–water partition coefficient (Wildman–Crippen LogP) is 4.64. The van der Waals surface area contributed by atoms with Crippen molar-refractivity contribution >= 4 is 69.4 Å². The molecule has 0 aliphatic carbocycles. The third kappa shape index (κ3) is 2.89. The van der Waals surface area contributed by atoms with Gasteiger partial charge in [0, 0.05) is 11.6 Å². The summed E-state index contributed by atoms with van der Waals surface area (Å²) in [5.41, 5.74) is -2.04. The zero-order valence-corrected chi connectivity index (χ0v) is 11.8. The van der Waals surface area contributed by atoms with Crippen LogP contribution in [0.2, 0.25) is 10.0 Å². The van der Waals surface area contributed by atoms with E-state index in [-0.39, 0.29) is 0 Å². The number of nitrogens with zero attached hydrogens (tertiary/aromatic N) is 2. The van der Waals surface area contributed by atoms with Gasteiger partial charge in [-0.15, -0.1) is 0 Å². The highest BCUT2D eigenvalue weighted by atomic mass is 35.6. The van der Waals surface area contributed by atoms with E-state index in [4.69, 9.17) is 58.0 Å². The molecule has 0 aromatic heterocycles. The molecule has 6 nitrogen and oxygen atoms in total. The van der Waals surface area contributed by atoms with Crippen LogP contribution in [0.3, 0.4) is 0 Å². The Labute approximate surface area is 125 Å². The fraction of sp³-hybridized carbons (Fsp3) is 0.143. The smallest absolute Gasteiger partial charge is 0.258 e. The molecule has 1 aromatic carbocycles. The van der Waals surface area contributed by atoms with Crippen molar-refractivity contribution in [2.45, 2.75) is 3.79 Å². The average Bonchev–Trinajstić information content (AvgIpc) is 2.13. The fourth-order valence-electron chi connectivity index (χ4n) is 1.11. The number of hydrogen-bond acceptors (Lipinski definition) is 4. The van der Waals surface area contributed by atoms with Crippen LogP contribution < -0.4 is 0 Å². The Hall–Kier alpha value is -0.530. The summed E-state index contributed by atoms with van der Waals surface area (Å²) in [6, 6.07) is 0.782. The van der Waals surface area contributed by atoms with E-state index in [1.165, 1.54) is 0 Å². The van der Waals surface area contributed by atoms with Crippen molar-refractivity contribution < 1.29 is 9.85 Å². The van der Waals surface area contributed by atoms with E-state index in [1.54, 1.807) is 0 Å². The minimum absolute atomic E-state index is 0.392. The van der Waals surface area contributed by atoms with Crippen LogP contribution in [0.5, 0.6) is 0 Å². The number of benzene rings is 1. The molecule has 0 fully saturated rings. The number of hydrogen-bond donors (Lipinski definition) is 0. The van der Waals surface area contributed by atoms with Crippen LogP contribution in [0.15, 0.2) is 6.07 Å². The summed E-state index contributed by atoms with van der Waals surface area (Å²) in [4.78, 5) is 19.6. The number of rotatable bonds is 2. The Balaban J connectivity index is 3.78. The molecule has 1 rings (SSSR count). The Morgan fingerprint density at radius 3 is 1.83 bits per heavy atom. The van der Waals surface area contributed by atoms with Crippen LogP contribution in [0.1, 0.15) is 5.56 Å². The van der Waals surface area contributed by atoms with Gasteiger partial charge in [0.15, 0.2) is 5.02 Å². The molecule has 0 amide bonds. The van der Waals surface area contributed by atoms with Gasteiger partial charge >= 0.3 is 5.69 Å². The maximum atomic E-state index is 10.8. The first kappa shape index (κ1) is 15.5. The zero-order valence-electron chi connectivity index (χ0n) is 7.99. The van der Waals surface area contributed by atoms with Gasteiger partial charge in [-0.25, -0.2) is 0 Å². The Kier molecular flexibility index (Phi) is 4.51. The standard InChI is InChI=1S/C7HCl5N2O4/c8-4-2(7(10,11)12)1-3(13(15)16)5(9)6(4)14(17)18/h1H. The van der Waals surface area contributed by atoms with Crippen LogP contribution >= 0.6 is 58.0 Å². The summed E-state index contributed by atoms with van der Waals surface area (Å²) < 4.78 is -2.16. The molecule has 0 aliphatic heterocycles. The van der Waals surface area contributed by atoms with Crippen LogP contribution in [0.4, 0.5) is 11.4 Å². The molecular weight excluding hydrogens is 353 g/mol. The van der Waals surface area contributed by atoms with E-state index in [0.29, 0.717) is 0 Å². The number of nitro benzene ring substituents is 2.